The minimum atomic E-state index is 0.0679. The first-order valence-corrected chi connectivity index (χ1v) is 5.61. The summed E-state index contributed by atoms with van der Waals surface area (Å²) in [5.41, 5.74) is 0.0679. The number of hydrogen-bond acceptors (Lipinski definition) is 3. The van der Waals surface area contributed by atoms with Crippen LogP contribution in [0.2, 0.25) is 0 Å². The summed E-state index contributed by atoms with van der Waals surface area (Å²) in [6, 6.07) is 1.94. The van der Waals surface area contributed by atoms with Crippen LogP contribution in [0.4, 0.5) is 0 Å². The monoisotopic (exact) mass is 209 g/mol. The molecular weight excluding hydrogens is 190 g/mol. The van der Waals surface area contributed by atoms with E-state index in [0.29, 0.717) is 0 Å². The van der Waals surface area contributed by atoms with Crippen LogP contribution in [0.5, 0.6) is 0 Å². The van der Waals surface area contributed by atoms with Gasteiger partial charge in [0.2, 0.25) is 0 Å². The molecule has 0 aromatic carbocycles. The largest absolute Gasteiger partial charge is 0.373 e. The van der Waals surface area contributed by atoms with Gasteiger partial charge >= 0.3 is 0 Å². The zero-order valence-corrected chi connectivity index (χ0v) is 9.28. The Morgan fingerprint density at radius 1 is 1.47 bits per heavy atom. The molecule has 1 saturated heterocycles. The fourth-order valence-corrected chi connectivity index (χ4v) is 1.92. The molecule has 1 aromatic rings. The Kier molecular flexibility index (Phi) is 3.38. The van der Waals surface area contributed by atoms with Crippen LogP contribution in [0.1, 0.15) is 19.8 Å². The summed E-state index contributed by atoms with van der Waals surface area (Å²) >= 11 is 0. The molecule has 2 heterocycles. The highest BCUT2D eigenvalue weighted by atomic mass is 16.5. The van der Waals surface area contributed by atoms with Crippen LogP contribution in [0, 0.1) is 0 Å². The average Bonchev–Trinajstić information content (AvgIpc) is 2.71. The van der Waals surface area contributed by atoms with E-state index in [1.165, 1.54) is 0 Å². The van der Waals surface area contributed by atoms with Gasteiger partial charge in [-0.2, -0.15) is 5.10 Å². The van der Waals surface area contributed by atoms with E-state index in [-0.39, 0.29) is 5.60 Å². The zero-order chi connectivity index (χ0) is 10.6. The molecule has 84 valence electrons. The van der Waals surface area contributed by atoms with Gasteiger partial charge in [-0.3, -0.25) is 4.68 Å². The number of ether oxygens (including phenoxy) is 1. The number of hydrogen-bond donors (Lipinski definition) is 1. The summed E-state index contributed by atoms with van der Waals surface area (Å²) in [7, 11) is 0. The van der Waals surface area contributed by atoms with Crippen LogP contribution < -0.4 is 5.32 Å². The quantitative estimate of drug-likeness (QED) is 0.805. The molecule has 1 N–H and O–H groups in total. The number of piperidine rings is 1. The van der Waals surface area contributed by atoms with Crippen molar-refractivity contribution in [2.45, 2.75) is 31.9 Å². The predicted octanol–water partition coefficient (Wildman–Crippen LogP) is 1.04. The van der Waals surface area contributed by atoms with Crippen LogP contribution in [0.3, 0.4) is 0 Å². The Morgan fingerprint density at radius 2 is 2.27 bits per heavy atom. The lowest BCUT2D eigenvalue weighted by atomic mass is 9.95. The van der Waals surface area contributed by atoms with E-state index in [2.05, 4.69) is 17.3 Å². The van der Waals surface area contributed by atoms with Crippen LogP contribution in [0.25, 0.3) is 0 Å². The molecule has 0 saturated carbocycles. The average molecular weight is 209 g/mol. The van der Waals surface area contributed by atoms with Gasteiger partial charge < -0.3 is 10.1 Å². The molecule has 0 aliphatic carbocycles. The number of aromatic nitrogens is 2. The number of nitrogens with one attached hydrogen (secondary N) is 1. The Morgan fingerprint density at radius 3 is 2.93 bits per heavy atom. The highest BCUT2D eigenvalue weighted by molar-refractivity contribution is 4.82. The van der Waals surface area contributed by atoms with Crippen molar-refractivity contribution in [3.05, 3.63) is 18.5 Å². The topological polar surface area (TPSA) is 39.1 Å². The fourth-order valence-electron chi connectivity index (χ4n) is 1.92. The first kappa shape index (κ1) is 10.6. The summed E-state index contributed by atoms with van der Waals surface area (Å²) < 4.78 is 7.85. The molecule has 1 aliphatic rings. The molecule has 4 heteroatoms. The van der Waals surface area contributed by atoms with Gasteiger partial charge in [-0.1, -0.05) is 0 Å². The third kappa shape index (κ3) is 3.04. The fraction of sp³-hybridized carbons (Fsp3) is 0.727. The second-order valence-corrected chi connectivity index (χ2v) is 4.32. The lowest BCUT2D eigenvalue weighted by Gasteiger charge is -2.34. The summed E-state index contributed by atoms with van der Waals surface area (Å²) in [5.74, 6) is 0. The molecule has 4 nitrogen and oxygen atoms in total. The van der Waals surface area contributed by atoms with Gasteiger partial charge in [0.25, 0.3) is 0 Å². The SMILES string of the molecule is CC1(OCCn2cccn2)CCNCC1. The molecule has 15 heavy (non-hydrogen) atoms. The van der Waals surface area contributed by atoms with Crippen molar-refractivity contribution in [2.75, 3.05) is 19.7 Å². The molecule has 0 radical (unpaired) electrons. The van der Waals surface area contributed by atoms with Gasteiger partial charge in [0.05, 0.1) is 18.8 Å². The molecule has 2 rings (SSSR count). The van der Waals surface area contributed by atoms with Crippen molar-refractivity contribution in [1.82, 2.24) is 15.1 Å². The molecule has 0 spiro atoms. The maximum absolute atomic E-state index is 5.94. The summed E-state index contributed by atoms with van der Waals surface area (Å²) in [4.78, 5) is 0. The second-order valence-electron chi connectivity index (χ2n) is 4.32. The third-order valence-corrected chi connectivity index (χ3v) is 2.99. The van der Waals surface area contributed by atoms with Crippen molar-refractivity contribution in [3.8, 4) is 0 Å². The van der Waals surface area contributed by atoms with Gasteiger partial charge in [-0.15, -0.1) is 0 Å². The van der Waals surface area contributed by atoms with Gasteiger partial charge in [0.1, 0.15) is 0 Å². The van der Waals surface area contributed by atoms with Crippen molar-refractivity contribution < 1.29 is 4.74 Å². The number of nitrogens with zero attached hydrogens (tertiary/aromatic N) is 2. The molecule has 1 aliphatic heterocycles. The molecule has 1 aromatic heterocycles. The third-order valence-electron chi connectivity index (χ3n) is 2.99. The Bertz CT molecular complexity index is 278. The van der Waals surface area contributed by atoms with E-state index in [1.54, 1.807) is 6.20 Å². The van der Waals surface area contributed by atoms with E-state index in [1.807, 2.05) is 16.9 Å². The van der Waals surface area contributed by atoms with Gasteiger partial charge in [-0.05, 0) is 38.9 Å². The summed E-state index contributed by atoms with van der Waals surface area (Å²) in [6.07, 6.45) is 5.97. The summed E-state index contributed by atoms with van der Waals surface area (Å²) in [6.45, 7) is 5.93. The van der Waals surface area contributed by atoms with E-state index in [4.69, 9.17) is 4.74 Å². The van der Waals surface area contributed by atoms with Crippen molar-refractivity contribution in [2.24, 2.45) is 0 Å². The first-order chi connectivity index (χ1) is 7.29. The van der Waals surface area contributed by atoms with Crippen molar-refractivity contribution in [3.63, 3.8) is 0 Å². The smallest absolute Gasteiger partial charge is 0.0679 e. The maximum Gasteiger partial charge on any atom is 0.0679 e. The Balaban J connectivity index is 1.72. The highest BCUT2D eigenvalue weighted by Crippen LogP contribution is 2.21. The first-order valence-electron chi connectivity index (χ1n) is 5.61. The molecular formula is C11H19N3O. The van der Waals surface area contributed by atoms with Crippen molar-refractivity contribution >= 4 is 0 Å². The molecule has 0 unspecified atom stereocenters. The van der Waals surface area contributed by atoms with E-state index < -0.39 is 0 Å². The molecule has 0 bridgehead atoms. The van der Waals surface area contributed by atoms with E-state index >= 15 is 0 Å². The van der Waals surface area contributed by atoms with E-state index in [0.717, 1.165) is 39.1 Å². The van der Waals surface area contributed by atoms with Gasteiger partial charge in [0.15, 0.2) is 0 Å². The van der Waals surface area contributed by atoms with Crippen LogP contribution in [-0.2, 0) is 11.3 Å². The molecule has 0 atom stereocenters. The maximum atomic E-state index is 5.94. The van der Waals surface area contributed by atoms with E-state index in [9.17, 15) is 0 Å². The van der Waals surface area contributed by atoms with Gasteiger partial charge in [0, 0.05) is 12.4 Å². The predicted molar refractivity (Wildman–Crippen MR) is 58.7 cm³/mol. The normalized spacial score (nSPS) is 20.3. The number of rotatable bonds is 4. The standard InChI is InChI=1S/C11H19N3O/c1-11(3-6-12-7-4-11)15-10-9-14-8-2-5-13-14/h2,5,8,12H,3-4,6-7,9-10H2,1H3. The van der Waals surface area contributed by atoms with Crippen molar-refractivity contribution in [1.29, 1.82) is 0 Å². The molecule has 0 amide bonds. The summed E-state index contributed by atoms with van der Waals surface area (Å²) in [5, 5.41) is 7.49. The Labute approximate surface area is 90.6 Å². The minimum absolute atomic E-state index is 0.0679. The lowest BCUT2D eigenvalue weighted by Crippen LogP contribution is -2.42. The Hall–Kier alpha value is -0.870. The zero-order valence-electron chi connectivity index (χ0n) is 9.28. The minimum Gasteiger partial charge on any atom is -0.373 e. The second kappa shape index (κ2) is 4.77. The lowest BCUT2D eigenvalue weighted by molar-refractivity contribution is -0.0552. The molecule has 1 fully saturated rings. The van der Waals surface area contributed by atoms with Crippen LogP contribution in [0.15, 0.2) is 18.5 Å². The van der Waals surface area contributed by atoms with Crippen LogP contribution >= 0.6 is 0 Å². The van der Waals surface area contributed by atoms with Crippen LogP contribution in [-0.4, -0.2) is 35.1 Å². The van der Waals surface area contributed by atoms with Gasteiger partial charge in [-0.25, -0.2) is 0 Å². The highest BCUT2D eigenvalue weighted by Gasteiger charge is 2.26.